The minimum Gasteiger partial charge on any atom is -0.481 e. The molecule has 2 aromatic heterocycles. The highest BCUT2D eigenvalue weighted by Crippen LogP contribution is 2.67. The van der Waals surface area contributed by atoms with E-state index in [-0.39, 0.29) is 166 Å². The van der Waals surface area contributed by atoms with E-state index in [0.717, 1.165) is 72.0 Å². The molecule has 7 heterocycles. The van der Waals surface area contributed by atoms with E-state index >= 15 is 4.79 Å². The lowest BCUT2D eigenvalue weighted by Gasteiger charge is -2.63. The number of para-hydroxylation sites is 1. The number of hydrogen-bond acceptors (Lipinski definition) is 36. The lowest BCUT2D eigenvalue weighted by molar-refractivity contribution is -0.202. The molecule has 40 heteroatoms. The standard InChI is InChI=1S/C61H87N5O12.C19H30N2O6S2.C12H22O7.C7H16O4.CO2/c1-9-41(35-67)78-51(75-8)36-77-50(70)22-16-21-49(69)62-39(5)53(71)76-29-15-14-20-48(68)61(74)55-60(25-28-66-26-17-24-59(11-3,54(60)66)56(61)72)45-31-44(38(4)30-47(45)64(55)7)57(6)32-40-33-58(73,10-2)37-65(34-40)27-23-43-42-18-12-13-19-46(42)63-52(43)57;1-3-15(13-22)27-19(25-2)14-26-18(24)9-6-7-16(23)20-11-12-28-29-17-8-4-5-10-21-17;1-3-9(7-13)19-12(17-2)8-18-11(16)6-4-5-10(14)15;1-3-6(4-8)11-7(5-9)10-2;2-1-3/h12-13,17-19,24,30-31,39-41,51,54-56,63,67,72-74H,9-11,14-16,20-23,25-29,32-37H2,1-8H3,(H,62,69);4-5,8,10,15,19,22H,3,6-7,9,11-14H2,1-2H3,(H,20,23);9,12-13H,3-8H2,1-2H3,(H,14,15);6-9H,3-5H2,1-2H3;/t39?,40?,41?,51?,54?,55?,56-,57-,58?,59-,60-,61+;;;;/m1..../s1. The number of pyridine rings is 1. The van der Waals surface area contributed by atoms with Gasteiger partial charge in [0, 0.05) is 170 Å². The number of fused-ring (bicyclic) bond motifs is 6. The molecule has 0 radical (unpaired) electrons. The summed E-state index contributed by atoms with van der Waals surface area (Å²) in [4.78, 5) is 130. The smallest absolute Gasteiger partial charge is 0.373 e. The number of unbranched alkanes of at least 4 members (excludes halogenated alkanes) is 1. The third-order valence-corrected chi connectivity index (χ3v) is 29.2. The van der Waals surface area contributed by atoms with Gasteiger partial charge in [0.15, 0.2) is 36.5 Å². The van der Waals surface area contributed by atoms with Gasteiger partial charge in [-0.05, 0) is 187 Å². The highest BCUT2D eigenvalue weighted by atomic mass is 33.1. The van der Waals surface area contributed by atoms with Crippen LogP contribution in [0, 0.1) is 18.3 Å². The first kappa shape index (κ1) is 121. The molecular weight excluding hydrogens is 1860 g/mol. The number of piperidine rings is 1. The number of carbonyl (C=O) groups is 8. The number of methoxy groups -OCH3 is 4. The average Bonchev–Trinajstić information content (AvgIpc) is 1.47. The van der Waals surface area contributed by atoms with Crippen LogP contribution in [0.2, 0.25) is 0 Å². The molecule has 788 valence electrons. The number of nitrogens with one attached hydrogen (secondary N) is 3. The van der Waals surface area contributed by atoms with Gasteiger partial charge in [-0.15, -0.1) is 0 Å². The summed E-state index contributed by atoms with van der Waals surface area (Å²) in [6.45, 7) is 21.2. The Morgan fingerprint density at radius 1 is 0.636 bits per heavy atom. The van der Waals surface area contributed by atoms with Crippen molar-refractivity contribution in [2.24, 2.45) is 11.3 Å². The monoisotopic (exact) mass is 2010 g/mol. The minimum atomic E-state index is -2.17. The first-order valence-electron chi connectivity index (χ1n) is 48.8. The summed E-state index contributed by atoms with van der Waals surface area (Å²) in [6, 6.07) is 17.1. The van der Waals surface area contributed by atoms with E-state index in [0.29, 0.717) is 77.4 Å². The fourth-order valence-corrected chi connectivity index (χ4v) is 21.4. The van der Waals surface area contributed by atoms with Crippen molar-refractivity contribution < 1.29 is 151 Å². The van der Waals surface area contributed by atoms with Gasteiger partial charge in [0.25, 0.3) is 0 Å². The Morgan fingerprint density at radius 3 is 1.69 bits per heavy atom. The normalized spacial score (nSPS) is 23.8. The number of amides is 2. The quantitative estimate of drug-likeness (QED) is 0.00501. The number of aromatic nitrogens is 2. The van der Waals surface area contributed by atoms with Gasteiger partial charge in [-0.2, -0.15) is 9.59 Å². The Hall–Kier alpha value is -8.01. The number of likely N-dealkylation sites (N-methyl/N-ethyl adjacent to an activating group) is 1. The number of rotatable bonds is 55. The van der Waals surface area contributed by atoms with Crippen LogP contribution in [0.25, 0.3) is 10.9 Å². The minimum absolute atomic E-state index is 0.0183. The van der Waals surface area contributed by atoms with Crippen LogP contribution >= 0.6 is 21.6 Å². The van der Waals surface area contributed by atoms with Gasteiger partial charge < -0.3 is 123 Å². The summed E-state index contributed by atoms with van der Waals surface area (Å²) in [6.07, 6.45) is 8.95. The number of aliphatic hydroxyl groups excluding tert-OH is 6. The predicted octanol–water partition coefficient (Wildman–Crippen LogP) is 7.77. The maximum atomic E-state index is 15.2. The van der Waals surface area contributed by atoms with E-state index in [1.165, 1.54) is 57.6 Å². The number of ether oxygens (including phenoxy) is 12. The van der Waals surface area contributed by atoms with Crippen molar-refractivity contribution in [1.82, 2.24) is 30.4 Å². The zero-order valence-corrected chi connectivity index (χ0v) is 85.5. The Morgan fingerprint density at radius 2 is 1.18 bits per heavy atom. The van der Waals surface area contributed by atoms with Crippen LogP contribution in [0.5, 0.6) is 0 Å². The van der Waals surface area contributed by atoms with Gasteiger partial charge in [0.1, 0.15) is 37.0 Å². The predicted molar refractivity (Wildman–Crippen MR) is 520 cm³/mol. The molecule has 38 nitrogen and oxygen atoms in total. The van der Waals surface area contributed by atoms with E-state index in [9.17, 15) is 54.0 Å². The van der Waals surface area contributed by atoms with Gasteiger partial charge in [-0.3, -0.25) is 43.4 Å². The molecule has 6 aliphatic rings. The molecule has 2 saturated heterocycles. The molecule has 2 amide bonds. The molecule has 12 N–H and O–H groups in total. The number of carbonyl (C=O) groups excluding carboxylic acids is 9. The summed E-state index contributed by atoms with van der Waals surface area (Å²) in [5.74, 6) is -3.02. The third-order valence-electron chi connectivity index (χ3n) is 26.9. The van der Waals surface area contributed by atoms with Gasteiger partial charge in [0.05, 0.1) is 75.7 Å². The maximum absolute atomic E-state index is 15.2. The first-order chi connectivity index (χ1) is 67.1. The molecule has 3 fully saturated rings. The first-order valence-corrected chi connectivity index (χ1v) is 51.1. The highest BCUT2D eigenvalue weighted by Gasteiger charge is 2.78. The molecule has 14 unspecified atom stereocenters. The van der Waals surface area contributed by atoms with Crippen LogP contribution in [-0.4, -0.2) is 344 Å². The third kappa shape index (κ3) is 33.8. The van der Waals surface area contributed by atoms with E-state index < -0.39 is 118 Å². The number of hydrogen-bond donors (Lipinski definition) is 12. The summed E-state index contributed by atoms with van der Waals surface area (Å²) < 4.78 is 62.3. The topological polar surface area (TPSA) is 526 Å². The zero-order valence-electron chi connectivity index (χ0n) is 83.9. The summed E-state index contributed by atoms with van der Waals surface area (Å²) in [7, 11) is 10.9. The maximum Gasteiger partial charge on any atom is 0.373 e. The van der Waals surface area contributed by atoms with Crippen molar-refractivity contribution in [2.45, 2.75) is 304 Å². The summed E-state index contributed by atoms with van der Waals surface area (Å²) >= 11 is 0. The number of carboxylic acid groups (broad SMARTS) is 1. The molecule has 10 rings (SSSR count). The Labute approximate surface area is 830 Å². The number of carboxylic acids is 1. The van der Waals surface area contributed by atoms with Crippen LogP contribution in [0.4, 0.5) is 5.69 Å². The number of ketones is 1. The molecule has 2 bridgehead atoms. The molecule has 1 saturated carbocycles. The number of benzene rings is 2. The van der Waals surface area contributed by atoms with Crippen molar-refractivity contribution >= 4 is 91.8 Å². The van der Waals surface area contributed by atoms with E-state index in [1.54, 1.807) is 27.8 Å². The second kappa shape index (κ2) is 61.3. The SMILES string of the molecule is CCC(CO)OC(CO)OC.CCC(CO)OC(COC(=O)CCCC(=O)NC(C)C(=O)OCCCCC(=O)[C@]1(O)C2N(C)c3cc(C)c([C@@]4(C)CC5CN(CCc6c4[nH]c4ccccc64)CC(O)(CC)C5)cc3[C@@]23CCN2CC=C[C@](CC)(C23)[C@H]1O)OC.CCC(CO)OC(COC(=O)CCCC(=O)NCCSSc1ccccn1)OC.CCC(CO)OC(COC(=O)CCCC(=O)O)OC.O=C=O. The highest BCUT2D eigenvalue weighted by molar-refractivity contribution is 8.76. The van der Waals surface area contributed by atoms with Crippen LogP contribution < -0.4 is 15.5 Å². The largest absolute Gasteiger partial charge is 0.481 e. The van der Waals surface area contributed by atoms with Crippen LogP contribution in [0.1, 0.15) is 218 Å². The number of esters is 4. The van der Waals surface area contributed by atoms with Crippen LogP contribution in [-0.2, 0) is 122 Å². The van der Waals surface area contributed by atoms with Gasteiger partial charge in [0.2, 0.25) is 11.8 Å². The fourth-order valence-electron chi connectivity index (χ4n) is 19.6. The van der Waals surface area contributed by atoms with Crippen LogP contribution in [0.3, 0.4) is 0 Å². The molecule has 5 aliphatic heterocycles. The molecule has 1 aliphatic carbocycles. The van der Waals surface area contributed by atoms with Gasteiger partial charge >= 0.3 is 36.0 Å². The van der Waals surface area contributed by atoms with Gasteiger partial charge in [-0.25, -0.2) is 9.78 Å². The van der Waals surface area contributed by atoms with Crippen LogP contribution in [0.15, 0.2) is 78.0 Å². The van der Waals surface area contributed by atoms with Crippen molar-refractivity contribution in [3.63, 3.8) is 0 Å². The zero-order chi connectivity index (χ0) is 103. The second-order valence-corrected chi connectivity index (χ2v) is 38.7. The number of aromatic amines is 1. The molecule has 1 spiro atoms. The number of Topliss-reactive ketones (excluding diaryl/α,β-unsaturated/α-hetero) is 1. The Balaban J connectivity index is 0.000000391. The van der Waals surface area contributed by atoms with E-state index in [4.69, 9.17) is 92.0 Å². The van der Waals surface area contributed by atoms with Crippen molar-refractivity contribution in [2.75, 3.05) is 145 Å². The number of H-pyrrole nitrogens is 1. The average molecular weight is 2020 g/mol. The molecule has 140 heavy (non-hydrogen) atoms. The molecule has 2 aromatic carbocycles. The number of aryl methyl sites for hydroxylation is 1. The number of aliphatic hydroxyl groups is 8. The van der Waals surface area contributed by atoms with Gasteiger partial charge in [-0.1, -0.05) is 94.8 Å². The Kier molecular flexibility index (Phi) is 52.9. The number of aliphatic carboxylic acids is 1. The van der Waals surface area contributed by atoms with Crippen molar-refractivity contribution in [3.05, 3.63) is 101 Å². The number of nitrogens with zero attached hydrogens (tertiary/aromatic N) is 4. The Bertz CT molecular complexity index is 4490. The summed E-state index contributed by atoms with van der Waals surface area (Å²) in [5, 5.41) is 99.4. The van der Waals surface area contributed by atoms with E-state index in [1.807, 2.05) is 52.9 Å². The van der Waals surface area contributed by atoms with Crippen molar-refractivity contribution in [3.8, 4) is 0 Å². The van der Waals surface area contributed by atoms with E-state index in [2.05, 4.69) is 112 Å². The second-order valence-electron chi connectivity index (χ2n) is 36.3. The van der Waals surface area contributed by atoms with Crippen molar-refractivity contribution in [1.29, 1.82) is 0 Å². The fraction of sp³-hybridized carbons (Fsp3) is 0.700. The lowest BCUT2D eigenvalue weighted by atomic mass is 9.47. The lowest BCUT2D eigenvalue weighted by Crippen LogP contribution is -2.80. The number of anilines is 1. The molecule has 4 aromatic rings. The summed E-state index contributed by atoms with van der Waals surface area (Å²) in [5.41, 5.74) is 2.93. The molecular formula is C100H155N7O31S2. The molecule has 19 atom stereocenters.